The molecule has 0 aliphatic heterocycles. The highest BCUT2D eigenvalue weighted by Gasteiger charge is 2.15. The van der Waals surface area contributed by atoms with E-state index >= 15 is 0 Å². The number of aromatic carboxylic acids is 1. The maximum atomic E-state index is 10.8. The molecule has 1 aromatic rings. The van der Waals surface area contributed by atoms with Crippen LogP contribution < -0.4 is 0 Å². The fourth-order valence-electron chi connectivity index (χ4n) is 1.45. The molecule has 0 saturated heterocycles. The monoisotopic (exact) mass is 222 g/mol. The van der Waals surface area contributed by atoms with Gasteiger partial charge in [-0.25, -0.2) is 4.79 Å². The Morgan fingerprint density at radius 1 is 1.69 bits per heavy atom. The summed E-state index contributed by atoms with van der Waals surface area (Å²) in [7, 11) is 0. The summed E-state index contributed by atoms with van der Waals surface area (Å²) >= 11 is 0. The van der Waals surface area contributed by atoms with Crippen molar-refractivity contribution in [2.24, 2.45) is 0 Å². The summed E-state index contributed by atoms with van der Waals surface area (Å²) in [6, 6.07) is 3.72. The van der Waals surface area contributed by atoms with Crippen LogP contribution in [0.2, 0.25) is 0 Å². The van der Waals surface area contributed by atoms with E-state index in [1.54, 1.807) is 6.07 Å². The molecular weight excluding hydrogens is 208 g/mol. The van der Waals surface area contributed by atoms with Gasteiger partial charge in [0.25, 0.3) is 0 Å². The first kappa shape index (κ1) is 12.3. The molecule has 0 fully saturated rings. The van der Waals surface area contributed by atoms with Crippen LogP contribution in [0.4, 0.5) is 0 Å². The Morgan fingerprint density at radius 2 is 2.44 bits per heavy atom. The van der Waals surface area contributed by atoms with Crippen molar-refractivity contribution < 1.29 is 14.3 Å². The number of carboxylic acids is 1. The molecule has 1 heterocycles. The largest absolute Gasteiger partial charge is 0.475 e. The lowest BCUT2D eigenvalue weighted by atomic mass is 10.2. The molecule has 16 heavy (non-hydrogen) atoms. The molecule has 0 aliphatic rings. The number of hydrogen-bond donors (Lipinski definition) is 1. The van der Waals surface area contributed by atoms with Gasteiger partial charge in [-0.1, -0.05) is 6.92 Å². The molecule has 0 spiro atoms. The van der Waals surface area contributed by atoms with Crippen molar-refractivity contribution in [1.29, 1.82) is 5.26 Å². The van der Waals surface area contributed by atoms with Crippen LogP contribution in [0, 0.1) is 11.3 Å². The summed E-state index contributed by atoms with van der Waals surface area (Å²) in [5.41, 5.74) is 0.646. The minimum Gasteiger partial charge on any atom is -0.475 e. The van der Waals surface area contributed by atoms with Crippen LogP contribution in [-0.4, -0.2) is 29.1 Å². The first-order chi connectivity index (χ1) is 7.69. The number of carboxylic acid groups (broad SMARTS) is 1. The highest BCUT2D eigenvalue weighted by atomic mass is 16.4. The topological polar surface area (TPSA) is 77.5 Å². The lowest BCUT2D eigenvalue weighted by Crippen LogP contribution is -2.24. The Hall–Kier alpha value is -1.80. The van der Waals surface area contributed by atoms with E-state index in [0.29, 0.717) is 25.1 Å². The van der Waals surface area contributed by atoms with Gasteiger partial charge in [0.1, 0.15) is 0 Å². The summed E-state index contributed by atoms with van der Waals surface area (Å²) in [5, 5.41) is 17.3. The number of carbonyl (C=O) groups is 1. The molecule has 0 aliphatic carbocycles. The summed E-state index contributed by atoms with van der Waals surface area (Å²) in [6.45, 7) is 3.87. The third kappa shape index (κ3) is 3.11. The Morgan fingerprint density at radius 3 is 3.00 bits per heavy atom. The van der Waals surface area contributed by atoms with Crippen molar-refractivity contribution in [3.8, 4) is 6.07 Å². The second kappa shape index (κ2) is 5.93. The fourth-order valence-corrected chi connectivity index (χ4v) is 1.45. The first-order valence-corrected chi connectivity index (χ1v) is 5.08. The van der Waals surface area contributed by atoms with E-state index in [2.05, 4.69) is 6.07 Å². The number of hydrogen-bond acceptors (Lipinski definition) is 4. The molecule has 0 amide bonds. The average Bonchev–Trinajstić information content (AvgIpc) is 2.72. The Kier molecular flexibility index (Phi) is 4.55. The van der Waals surface area contributed by atoms with Crippen LogP contribution >= 0.6 is 0 Å². The van der Waals surface area contributed by atoms with Crippen LogP contribution in [0.1, 0.15) is 29.5 Å². The number of rotatable bonds is 6. The lowest BCUT2D eigenvalue weighted by molar-refractivity contribution is 0.0659. The van der Waals surface area contributed by atoms with E-state index in [0.717, 1.165) is 6.54 Å². The SMILES string of the molecule is CCN(CCC#N)Cc1ccoc1C(=O)O. The highest BCUT2D eigenvalue weighted by Crippen LogP contribution is 2.13. The van der Waals surface area contributed by atoms with E-state index in [4.69, 9.17) is 14.8 Å². The standard InChI is InChI=1S/C11H14N2O3/c1-2-13(6-3-5-12)8-9-4-7-16-10(9)11(14)15/h4,7H,2-3,6,8H2,1H3,(H,14,15). The van der Waals surface area contributed by atoms with E-state index in [9.17, 15) is 4.79 Å². The zero-order chi connectivity index (χ0) is 12.0. The third-order valence-corrected chi connectivity index (χ3v) is 2.32. The molecule has 1 N–H and O–H groups in total. The number of furan rings is 1. The second-order valence-electron chi connectivity index (χ2n) is 3.36. The summed E-state index contributed by atoms with van der Waals surface area (Å²) < 4.78 is 4.88. The van der Waals surface area contributed by atoms with Crippen LogP contribution in [0.25, 0.3) is 0 Å². The van der Waals surface area contributed by atoms with E-state index < -0.39 is 5.97 Å². The predicted octanol–water partition coefficient (Wildman–Crippen LogP) is 1.71. The molecule has 5 heteroatoms. The van der Waals surface area contributed by atoms with Crippen molar-refractivity contribution in [3.63, 3.8) is 0 Å². The van der Waals surface area contributed by atoms with Gasteiger partial charge in [-0.05, 0) is 12.6 Å². The van der Waals surface area contributed by atoms with Crippen molar-refractivity contribution >= 4 is 5.97 Å². The minimum absolute atomic E-state index is 0.0181. The van der Waals surface area contributed by atoms with Crippen molar-refractivity contribution in [2.75, 3.05) is 13.1 Å². The van der Waals surface area contributed by atoms with Gasteiger partial charge in [0.15, 0.2) is 0 Å². The maximum absolute atomic E-state index is 10.8. The van der Waals surface area contributed by atoms with Gasteiger partial charge in [0.05, 0.1) is 12.3 Å². The molecular formula is C11H14N2O3. The average molecular weight is 222 g/mol. The molecule has 5 nitrogen and oxygen atoms in total. The predicted molar refractivity (Wildman–Crippen MR) is 56.8 cm³/mol. The van der Waals surface area contributed by atoms with Gasteiger partial charge in [-0.3, -0.25) is 4.90 Å². The van der Waals surface area contributed by atoms with Crippen LogP contribution in [0.5, 0.6) is 0 Å². The summed E-state index contributed by atoms with van der Waals surface area (Å²) in [5.74, 6) is -1.08. The molecule has 0 atom stereocenters. The van der Waals surface area contributed by atoms with Gasteiger partial charge in [0, 0.05) is 25.1 Å². The van der Waals surface area contributed by atoms with Crippen molar-refractivity contribution in [3.05, 3.63) is 23.7 Å². The van der Waals surface area contributed by atoms with E-state index in [1.165, 1.54) is 6.26 Å². The number of nitrogens with zero attached hydrogens (tertiary/aromatic N) is 2. The second-order valence-corrected chi connectivity index (χ2v) is 3.36. The van der Waals surface area contributed by atoms with Gasteiger partial charge in [-0.2, -0.15) is 5.26 Å². The van der Waals surface area contributed by atoms with Gasteiger partial charge < -0.3 is 9.52 Å². The van der Waals surface area contributed by atoms with E-state index in [-0.39, 0.29) is 5.76 Å². The molecule has 0 unspecified atom stereocenters. The highest BCUT2D eigenvalue weighted by molar-refractivity contribution is 5.86. The van der Waals surface area contributed by atoms with Crippen LogP contribution in [0.15, 0.2) is 16.7 Å². The third-order valence-electron chi connectivity index (χ3n) is 2.32. The van der Waals surface area contributed by atoms with Crippen LogP contribution in [-0.2, 0) is 6.54 Å². The lowest BCUT2D eigenvalue weighted by Gasteiger charge is -2.17. The molecule has 0 bridgehead atoms. The van der Waals surface area contributed by atoms with Crippen molar-refractivity contribution in [1.82, 2.24) is 4.90 Å². The minimum atomic E-state index is -1.06. The van der Waals surface area contributed by atoms with Gasteiger partial charge in [-0.15, -0.1) is 0 Å². The summed E-state index contributed by atoms with van der Waals surface area (Å²) in [4.78, 5) is 12.8. The van der Waals surface area contributed by atoms with Crippen LogP contribution in [0.3, 0.4) is 0 Å². The Bertz CT molecular complexity index is 392. The Balaban J connectivity index is 2.67. The molecule has 0 saturated carbocycles. The maximum Gasteiger partial charge on any atom is 0.372 e. The zero-order valence-electron chi connectivity index (χ0n) is 9.14. The summed E-state index contributed by atoms with van der Waals surface area (Å²) in [6.07, 6.45) is 1.81. The molecule has 0 radical (unpaired) electrons. The normalized spacial score (nSPS) is 10.3. The first-order valence-electron chi connectivity index (χ1n) is 5.08. The fraction of sp³-hybridized carbons (Fsp3) is 0.455. The van der Waals surface area contributed by atoms with E-state index in [1.807, 2.05) is 11.8 Å². The zero-order valence-corrected chi connectivity index (χ0v) is 9.14. The molecule has 1 aromatic heterocycles. The van der Waals surface area contributed by atoms with Gasteiger partial charge in [0.2, 0.25) is 5.76 Å². The van der Waals surface area contributed by atoms with Crippen molar-refractivity contribution in [2.45, 2.75) is 19.9 Å². The number of nitriles is 1. The molecule has 1 rings (SSSR count). The van der Waals surface area contributed by atoms with Gasteiger partial charge >= 0.3 is 5.97 Å². The molecule has 0 aromatic carbocycles. The quantitative estimate of drug-likeness (QED) is 0.792. The molecule has 86 valence electrons. The smallest absolute Gasteiger partial charge is 0.372 e. The Labute approximate surface area is 93.9 Å².